The Hall–Kier alpha value is -1.85. The highest BCUT2D eigenvalue weighted by Gasteiger charge is 2.07. The van der Waals surface area contributed by atoms with E-state index in [1.165, 1.54) is 18.9 Å². The van der Waals surface area contributed by atoms with Gasteiger partial charge in [-0.2, -0.15) is 0 Å². The third-order valence-corrected chi connectivity index (χ3v) is 3.42. The van der Waals surface area contributed by atoms with Gasteiger partial charge < -0.3 is 9.84 Å². The fourth-order valence-corrected chi connectivity index (χ4v) is 2.31. The van der Waals surface area contributed by atoms with Crippen LogP contribution in [0.5, 0.6) is 0 Å². The van der Waals surface area contributed by atoms with Crippen molar-refractivity contribution in [1.29, 1.82) is 0 Å². The summed E-state index contributed by atoms with van der Waals surface area (Å²) in [4.78, 5) is 16.6. The Morgan fingerprint density at radius 2 is 2.05 bits per heavy atom. The molecular weight excluding hydrogens is 262 g/mol. The number of rotatable bonds is 4. The zero-order valence-corrected chi connectivity index (χ0v) is 11.2. The lowest BCUT2D eigenvalue weighted by molar-refractivity contribution is 0.0600. The number of carbonyl (C=O) groups excluding carboxylic acids is 1. The number of aliphatic hydroxyl groups is 1. The minimum atomic E-state index is -0.375. The largest absolute Gasteiger partial charge is 0.465 e. The van der Waals surface area contributed by atoms with Gasteiger partial charge in [-0.1, -0.05) is 23.9 Å². The smallest absolute Gasteiger partial charge is 0.337 e. The van der Waals surface area contributed by atoms with Gasteiger partial charge in [0.05, 0.1) is 19.3 Å². The zero-order chi connectivity index (χ0) is 13.7. The third kappa shape index (κ3) is 3.56. The topological polar surface area (TPSA) is 59.4 Å². The predicted octanol–water partition coefficient (Wildman–Crippen LogP) is 2.51. The first-order chi connectivity index (χ1) is 9.22. The molecule has 0 saturated carbocycles. The van der Waals surface area contributed by atoms with E-state index in [0.717, 1.165) is 15.5 Å². The highest BCUT2D eigenvalue weighted by Crippen LogP contribution is 2.26. The van der Waals surface area contributed by atoms with Gasteiger partial charge >= 0.3 is 5.97 Å². The highest BCUT2D eigenvalue weighted by molar-refractivity contribution is 7.99. The standard InChI is InChI=1S/C14H13NO3S/c1-18-14(17)11-6-7-15-13(8-11)19-12-4-2-10(9-16)3-5-12/h2-8,16H,9H2,1H3. The number of pyridine rings is 1. The Bertz CT molecular complexity index is 569. The van der Waals surface area contributed by atoms with Gasteiger partial charge in [-0.05, 0) is 29.8 Å². The number of benzene rings is 1. The summed E-state index contributed by atoms with van der Waals surface area (Å²) in [7, 11) is 1.35. The maximum absolute atomic E-state index is 11.4. The molecular formula is C14H13NO3S. The number of ether oxygens (including phenoxy) is 1. The van der Waals surface area contributed by atoms with Crippen molar-refractivity contribution in [3.05, 3.63) is 53.7 Å². The maximum Gasteiger partial charge on any atom is 0.337 e. The Morgan fingerprint density at radius 3 is 2.68 bits per heavy atom. The lowest BCUT2D eigenvalue weighted by Gasteiger charge is -2.04. The van der Waals surface area contributed by atoms with Gasteiger partial charge in [0.25, 0.3) is 0 Å². The molecule has 2 aromatic rings. The summed E-state index contributed by atoms with van der Waals surface area (Å²) in [6.45, 7) is 0.0288. The first-order valence-electron chi connectivity index (χ1n) is 5.65. The molecule has 0 bridgehead atoms. The van der Waals surface area contributed by atoms with E-state index in [-0.39, 0.29) is 12.6 Å². The molecule has 0 amide bonds. The SMILES string of the molecule is COC(=O)c1ccnc(Sc2ccc(CO)cc2)c1. The quantitative estimate of drug-likeness (QED) is 0.869. The first-order valence-corrected chi connectivity index (χ1v) is 6.46. The van der Waals surface area contributed by atoms with Gasteiger partial charge in [0, 0.05) is 11.1 Å². The second-order valence-electron chi connectivity index (χ2n) is 3.78. The highest BCUT2D eigenvalue weighted by atomic mass is 32.2. The van der Waals surface area contributed by atoms with Gasteiger partial charge in [-0.25, -0.2) is 9.78 Å². The Balaban J connectivity index is 2.16. The van der Waals surface area contributed by atoms with Gasteiger partial charge in [0.15, 0.2) is 0 Å². The van der Waals surface area contributed by atoms with Crippen molar-refractivity contribution in [3.8, 4) is 0 Å². The summed E-state index contributed by atoms with van der Waals surface area (Å²) in [6, 6.07) is 10.8. The van der Waals surface area contributed by atoms with E-state index in [1.54, 1.807) is 18.3 Å². The van der Waals surface area contributed by atoms with Crippen LogP contribution in [0.4, 0.5) is 0 Å². The van der Waals surface area contributed by atoms with Crippen LogP contribution in [0.1, 0.15) is 15.9 Å². The fraction of sp³-hybridized carbons (Fsp3) is 0.143. The number of carbonyl (C=O) groups is 1. The molecule has 4 nitrogen and oxygen atoms in total. The summed E-state index contributed by atoms with van der Waals surface area (Å²) in [6.07, 6.45) is 1.58. The van der Waals surface area contributed by atoms with Gasteiger partial charge in [-0.3, -0.25) is 0 Å². The second-order valence-corrected chi connectivity index (χ2v) is 4.87. The second kappa shape index (κ2) is 6.36. The van der Waals surface area contributed by atoms with E-state index < -0.39 is 0 Å². The molecule has 1 heterocycles. The van der Waals surface area contributed by atoms with Crippen LogP contribution in [-0.2, 0) is 11.3 Å². The Kier molecular flexibility index (Phi) is 4.54. The molecule has 1 aromatic heterocycles. The number of hydrogen-bond acceptors (Lipinski definition) is 5. The fourth-order valence-electron chi connectivity index (χ4n) is 1.49. The van der Waals surface area contributed by atoms with E-state index in [4.69, 9.17) is 5.11 Å². The van der Waals surface area contributed by atoms with Crippen LogP contribution in [-0.4, -0.2) is 23.2 Å². The number of aromatic nitrogens is 1. The molecule has 2 rings (SSSR count). The molecule has 0 aliphatic heterocycles. The lowest BCUT2D eigenvalue weighted by atomic mass is 10.2. The number of esters is 1. The summed E-state index contributed by atoms with van der Waals surface area (Å²) < 4.78 is 4.67. The average Bonchev–Trinajstić information content (AvgIpc) is 2.47. The summed E-state index contributed by atoms with van der Waals surface area (Å²) in [5.74, 6) is -0.375. The number of methoxy groups -OCH3 is 1. The van der Waals surface area contributed by atoms with Crippen LogP contribution in [0.3, 0.4) is 0 Å². The molecule has 0 fully saturated rings. The minimum Gasteiger partial charge on any atom is -0.465 e. The van der Waals surface area contributed by atoms with Crippen molar-refractivity contribution >= 4 is 17.7 Å². The first kappa shape index (κ1) is 13.6. The Morgan fingerprint density at radius 1 is 1.32 bits per heavy atom. The van der Waals surface area contributed by atoms with E-state index in [1.807, 2.05) is 24.3 Å². The van der Waals surface area contributed by atoms with Gasteiger partial charge in [0.1, 0.15) is 5.03 Å². The summed E-state index contributed by atoms with van der Waals surface area (Å²) >= 11 is 1.45. The molecule has 19 heavy (non-hydrogen) atoms. The van der Waals surface area contributed by atoms with E-state index in [2.05, 4.69) is 9.72 Å². The zero-order valence-electron chi connectivity index (χ0n) is 10.4. The molecule has 0 aliphatic carbocycles. The third-order valence-electron chi connectivity index (χ3n) is 2.48. The molecule has 0 spiro atoms. The predicted molar refractivity (Wildman–Crippen MR) is 72.1 cm³/mol. The van der Waals surface area contributed by atoms with Crippen molar-refractivity contribution in [3.63, 3.8) is 0 Å². The van der Waals surface area contributed by atoms with Crippen LogP contribution in [0, 0.1) is 0 Å². The number of aliphatic hydroxyl groups excluding tert-OH is 1. The Labute approximate surface area is 115 Å². The molecule has 1 aromatic carbocycles. The molecule has 1 N–H and O–H groups in total. The monoisotopic (exact) mass is 275 g/mol. The van der Waals surface area contributed by atoms with E-state index in [9.17, 15) is 4.79 Å². The van der Waals surface area contributed by atoms with Crippen LogP contribution in [0.25, 0.3) is 0 Å². The van der Waals surface area contributed by atoms with E-state index >= 15 is 0 Å². The average molecular weight is 275 g/mol. The van der Waals surface area contributed by atoms with Crippen LogP contribution < -0.4 is 0 Å². The summed E-state index contributed by atoms with van der Waals surface area (Å²) in [5, 5.41) is 9.69. The van der Waals surface area contributed by atoms with Crippen LogP contribution >= 0.6 is 11.8 Å². The van der Waals surface area contributed by atoms with Crippen molar-refractivity contribution in [2.24, 2.45) is 0 Å². The molecule has 5 heteroatoms. The van der Waals surface area contributed by atoms with Crippen LogP contribution in [0.15, 0.2) is 52.5 Å². The lowest BCUT2D eigenvalue weighted by Crippen LogP contribution is -2.01. The molecule has 0 aliphatic rings. The van der Waals surface area contributed by atoms with Gasteiger partial charge in [-0.15, -0.1) is 0 Å². The van der Waals surface area contributed by atoms with Crippen molar-refractivity contribution in [2.75, 3.05) is 7.11 Å². The van der Waals surface area contributed by atoms with Crippen molar-refractivity contribution < 1.29 is 14.6 Å². The van der Waals surface area contributed by atoms with Crippen molar-refractivity contribution in [1.82, 2.24) is 4.98 Å². The molecule has 0 atom stereocenters. The molecule has 0 radical (unpaired) electrons. The molecule has 0 saturated heterocycles. The van der Waals surface area contributed by atoms with E-state index in [0.29, 0.717) is 5.56 Å². The minimum absolute atomic E-state index is 0.0288. The van der Waals surface area contributed by atoms with Crippen LogP contribution in [0.2, 0.25) is 0 Å². The van der Waals surface area contributed by atoms with Gasteiger partial charge in [0.2, 0.25) is 0 Å². The molecule has 98 valence electrons. The number of hydrogen-bond donors (Lipinski definition) is 1. The van der Waals surface area contributed by atoms with Crippen molar-refractivity contribution in [2.45, 2.75) is 16.5 Å². The maximum atomic E-state index is 11.4. The summed E-state index contributed by atoms with van der Waals surface area (Å²) in [5.41, 5.74) is 1.34. The molecule has 0 unspecified atom stereocenters. The number of nitrogens with zero attached hydrogens (tertiary/aromatic N) is 1. The normalized spacial score (nSPS) is 10.2.